The normalized spacial score (nSPS) is 10.6. The Morgan fingerprint density at radius 3 is 2.44 bits per heavy atom. The molecular weight excluding hydrogens is 408 g/mol. The molecule has 2 amide bonds. The van der Waals surface area contributed by atoms with Gasteiger partial charge in [0.25, 0.3) is 17.4 Å². The van der Waals surface area contributed by atoms with Crippen LogP contribution in [-0.4, -0.2) is 31.8 Å². The third-order valence-electron chi connectivity index (χ3n) is 4.92. The van der Waals surface area contributed by atoms with E-state index in [2.05, 4.69) is 25.9 Å². The maximum Gasteiger partial charge on any atom is 0.264 e. The SMILES string of the molecule is Cc1ccc(C(=O)Nc2ccccc2)cc1NC(=O)c1cnn(-c2ccc(=O)[nH]n2)c1C. The van der Waals surface area contributed by atoms with Crippen molar-refractivity contribution in [2.75, 3.05) is 10.6 Å². The van der Waals surface area contributed by atoms with Crippen LogP contribution in [0.4, 0.5) is 11.4 Å². The zero-order chi connectivity index (χ0) is 22.7. The standard InChI is InChI=1S/C23H20N6O3/c1-14-8-9-16(22(31)25-17-6-4-3-5-7-17)12-19(14)26-23(32)18-13-24-29(15(18)2)20-10-11-21(30)28-27-20/h3-13H,1-2H3,(H,25,31)(H,26,32)(H,28,30). The van der Waals surface area contributed by atoms with E-state index in [1.165, 1.54) is 23.0 Å². The number of nitrogens with zero attached hydrogens (tertiary/aromatic N) is 3. The number of aromatic amines is 1. The molecule has 2 heterocycles. The van der Waals surface area contributed by atoms with Crippen LogP contribution in [0.2, 0.25) is 0 Å². The number of aromatic nitrogens is 4. The van der Waals surface area contributed by atoms with E-state index in [1.54, 1.807) is 37.3 Å². The van der Waals surface area contributed by atoms with Gasteiger partial charge in [-0.3, -0.25) is 14.4 Å². The van der Waals surface area contributed by atoms with Gasteiger partial charge in [-0.1, -0.05) is 24.3 Å². The van der Waals surface area contributed by atoms with Gasteiger partial charge >= 0.3 is 0 Å². The lowest BCUT2D eigenvalue weighted by atomic mass is 10.1. The Labute approximate surface area is 183 Å². The predicted molar refractivity (Wildman–Crippen MR) is 120 cm³/mol. The van der Waals surface area contributed by atoms with Crippen molar-refractivity contribution in [3.05, 3.63) is 99.6 Å². The molecule has 4 aromatic rings. The van der Waals surface area contributed by atoms with E-state index in [4.69, 9.17) is 0 Å². The molecule has 3 N–H and O–H groups in total. The Morgan fingerprint density at radius 1 is 0.938 bits per heavy atom. The average molecular weight is 428 g/mol. The summed E-state index contributed by atoms with van der Waals surface area (Å²) >= 11 is 0. The van der Waals surface area contributed by atoms with Crippen LogP contribution in [0.1, 0.15) is 32.0 Å². The van der Waals surface area contributed by atoms with Crippen molar-refractivity contribution >= 4 is 23.2 Å². The van der Waals surface area contributed by atoms with Crippen molar-refractivity contribution in [2.45, 2.75) is 13.8 Å². The van der Waals surface area contributed by atoms with E-state index in [-0.39, 0.29) is 17.4 Å². The van der Waals surface area contributed by atoms with Gasteiger partial charge in [0.1, 0.15) is 0 Å². The minimum atomic E-state index is -0.373. The molecule has 0 aliphatic heterocycles. The second-order valence-corrected chi connectivity index (χ2v) is 7.14. The van der Waals surface area contributed by atoms with Gasteiger partial charge in [-0.05, 0) is 49.7 Å². The Hall–Kier alpha value is -4.53. The van der Waals surface area contributed by atoms with Gasteiger partial charge in [0, 0.05) is 23.0 Å². The van der Waals surface area contributed by atoms with E-state index < -0.39 is 0 Å². The van der Waals surface area contributed by atoms with Crippen LogP contribution in [0, 0.1) is 13.8 Å². The zero-order valence-corrected chi connectivity index (χ0v) is 17.4. The Morgan fingerprint density at radius 2 is 1.72 bits per heavy atom. The second kappa shape index (κ2) is 8.68. The third-order valence-corrected chi connectivity index (χ3v) is 4.92. The summed E-state index contributed by atoms with van der Waals surface area (Å²) in [6.07, 6.45) is 1.43. The van der Waals surface area contributed by atoms with Gasteiger partial charge in [-0.2, -0.15) is 10.2 Å². The number of para-hydroxylation sites is 1. The number of H-pyrrole nitrogens is 1. The molecule has 9 nitrogen and oxygen atoms in total. The van der Waals surface area contributed by atoms with Gasteiger partial charge < -0.3 is 10.6 Å². The largest absolute Gasteiger partial charge is 0.322 e. The summed E-state index contributed by atoms with van der Waals surface area (Å²) in [5.74, 6) is -0.265. The summed E-state index contributed by atoms with van der Waals surface area (Å²) in [5, 5.41) is 16.2. The van der Waals surface area contributed by atoms with Crippen molar-refractivity contribution in [3.8, 4) is 5.82 Å². The quantitative estimate of drug-likeness (QED) is 0.451. The molecule has 0 bridgehead atoms. The fourth-order valence-electron chi connectivity index (χ4n) is 3.13. The van der Waals surface area contributed by atoms with Crippen LogP contribution in [0.25, 0.3) is 5.82 Å². The fourth-order valence-corrected chi connectivity index (χ4v) is 3.13. The second-order valence-electron chi connectivity index (χ2n) is 7.14. The molecule has 0 saturated carbocycles. The molecule has 9 heteroatoms. The molecule has 2 aromatic heterocycles. The number of amides is 2. The monoisotopic (exact) mass is 428 g/mol. The molecule has 32 heavy (non-hydrogen) atoms. The first-order valence-electron chi connectivity index (χ1n) is 9.81. The van der Waals surface area contributed by atoms with Crippen LogP contribution in [0.3, 0.4) is 0 Å². The van der Waals surface area contributed by atoms with Crippen LogP contribution in [-0.2, 0) is 0 Å². The Bertz CT molecular complexity index is 1340. The number of rotatable bonds is 5. The minimum absolute atomic E-state index is 0.278. The number of nitrogens with one attached hydrogen (secondary N) is 3. The molecule has 0 radical (unpaired) electrons. The Kier molecular flexibility index (Phi) is 5.63. The van der Waals surface area contributed by atoms with Crippen LogP contribution in [0.5, 0.6) is 0 Å². The highest BCUT2D eigenvalue weighted by Gasteiger charge is 2.17. The maximum absolute atomic E-state index is 12.9. The minimum Gasteiger partial charge on any atom is -0.322 e. The number of hydrogen-bond acceptors (Lipinski definition) is 5. The van der Waals surface area contributed by atoms with Gasteiger partial charge in [0.05, 0.1) is 17.5 Å². The molecule has 0 unspecified atom stereocenters. The zero-order valence-electron chi connectivity index (χ0n) is 17.4. The molecule has 0 aliphatic carbocycles. The van der Waals surface area contributed by atoms with Gasteiger partial charge in [0.15, 0.2) is 5.82 Å². The predicted octanol–water partition coefficient (Wildman–Crippen LogP) is 3.08. The molecule has 0 spiro atoms. The maximum atomic E-state index is 12.9. The smallest absolute Gasteiger partial charge is 0.264 e. The first-order valence-corrected chi connectivity index (χ1v) is 9.81. The van der Waals surface area contributed by atoms with E-state index in [0.29, 0.717) is 34.0 Å². The number of benzene rings is 2. The highest BCUT2D eigenvalue weighted by molar-refractivity contribution is 6.08. The van der Waals surface area contributed by atoms with E-state index in [9.17, 15) is 14.4 Å². The number of carbonyl (C=O) groups excluding carboxylic acids is 2. The Balaban J connectivity index is 1.55. The summed E-state index contributed by atoms with van der Waals surface area (Å²) < 4.78 is 1.46. The highest BCUT2D eigenvalue weighted by atomic mass is 16.2. The van der Waals surface area contributed by atoms with Crippen molar-refractivity contribution in [3.63, 3.8) is 0 Å². The summed E-state index contributed by atoms with van der Waals surface area (Å²) in [6, 6.07) is 17.1. The summed E-state index contributed by atoms with van der Waals surface area (Å²) in [6.45, 7) is 3.57. The van der Waals surface area contributed by atoms with Crippen molar-refractivity contribution in [1.29, 1.82) is 0 Å². The number of carbonyl (C=O) groups is 2. The van der Waals surface area contributed by atoms with E-state index >= 15 is 0 Å². The van der Waals surface area contributed by atoms with Gasteiger partial charge in [-0.25, -0.2) is 9.78 Å². The van der Waals surface area contributed by atoms with Gasteiger partial charge in [-0.15, -0.1) is 0 Å². The number of anilines is 2. The van der Waals surface area contributed by atoms with Crippen LogP contribution in [0.15, 0.2) is 71.7 Å². The molecule has 2 aromatic carbocycles. The fraction of sp³-hybridized carbons (Fsp3) is 0.0870. The topological polar surface area (TPSA) is 122 Å². The summed E-state index contributed by atoms with van der Waals surface area (Å²) in [5.41, 5.74) is 2.99. The van der Waals surface area contributed by atoms with E-state index in [0.717, 1.165) is 5.56 Å². The van der Waals surface area contributed by atoms with Crippen LogP contribution >= 0.6 is 0 Å². The van der Waals surface area contributed by atoms with E-state index in [1.807, 2.05) is 25.1 Å². The number of hydrogen-bond donors (Lipinski definition) is 3. The van der Waals surface area contributed by atoms with Gasteiger partial charge in [0.2, 0.25) is 0 Å². The molecule has 0 atom stereocenters. The lowest BCUT2D eigenvalue weighted by molar-refractivity contribution is 0.101. The third kappa shape index (κ3) is 4.31. The van der Waals surface area contributed by atoms with Crippen molar-refractivity contribution < 1.29 is 9.59 Å². The average Bonchev–Trinajstić information content (AvgIpc) is 3.18. The number of aryl methyl sites for hydroxylation is 1. The lowest BCUT2D eigenvalue weighted by Gasteiger charge is -2.11. The van der Waals surface area contributed by atoms with Crippen molar-refractivity contribution in [2.24, 2.45) is 0 Å². The van der Waals surface area contributed by atoms with Crippen LogP contribution < -0.4 is 16.2 Å². The lowest BCUT2D eigenvalue weighted by Crippen LogP contribution is -2.16. The molecule has 4 rings (SSSR count). The first kappa shape index (κ1) is 20.7. The summed E-state index contributed by atoms with van der Waals surface area (Å²) in [7, 11) is 0. The molecule has 0 aliphatic rings. The molecule has 0 fully saturated rings. The van der Waals surface area contributed by atoms with Crippen molar-refractivity contribution in [1.82, 2.24) is 20.0 Å². The first-order chi connectivity index (χ1) is 15.4. The molecular formula is C23H20N6O3. The molecule has 160 valence electrons. The molecule has 0 saturated heterocycles. The highest BCUT2D eigenvalue weighted by Crippen LogP contribution is 2.20. The summed E-state index contributed by atoms with van der Waals surface area (Å²) in [4.78, 5) is 36.7.